The van der Waals surface area contributed by atoms with Gasteiger partial charge in [-0.15, -0.1) is 0 Å². The maximum Gasteiger partial charge on any atom is 0.255 e. The summed E-state index contributed by atoms with van der Waals surface area (Å²) in [7, 11) is -3.98. The molecule has 3 rings (SSSR count). The number of nitrogens with zero attached hydrogens (tertiary/aromatic N) is 3. The van der Waals surface area contributed by atoms with Gasteiger partial charge in [-0.2, -0.15) is 14.8 Å². The zero-order chi connectivity index (χ0) is 27.0. The number of rotatable bonds is 10. The number of ketones is 1. The number of sulfonamides is 1. The van der Waals surface area contributed by atoms with Crippen LogP contribution in [0.2, 0.25) is 10.0 Å². The number of carbonyl (C=O) groups excluding carboxylic acids is 2. The lowest BCUT2D eigenvalue weighted by molar-refractivity contribution is 0.102. The highest BCUT2D eigenvalue weighted by Gasteiger charge is 2.24. The van der Waals surface area contributed by atoms with Crippen LogP contribution in [0.1, 0.15) is 39.1 Å². The van der Waals surface area contributed by atoms with E-state index in [0.717, 1.165) is 4.31 Å². The monoisotopic (exact) mass is 554 g/mol. The van der Waals surface area contributed by atoms with E-state index in [1.807, 2.05) is 12.1 Å². The molecule has 0 atom stereocenters. The number of anilines is 1. The molecule has 0 fully saturated rings. The highest BCUT2D eigenvalue weighted by molar-refractivity contribution is 7.89. The first kappa shape index (κ1) is 27.9. The standard InChI is InChI=1S/C26H20Cl2N4O4S/c27-19-9-12-24(22(17-19)25(33)21-5-1-2-6-23(21)28)31-26(34)18-7-10-20(11-8-18)37(35,36)32(15-3-13-29)16-4-14-30/h1-2,5-12,17H,3-4,15-16H2,(H,31,34). The zero-order valence-electron chi connectivity index (χ0n) is 19.3. The summed E-state index contributed by atoms with van der Waals surface area (Å²) in [4.78, 5) is 26.0. The quantitative estimate of drug-likeness (QED) is 0.338. The van der Waals surface area contributed by atoms with Gasteiger partial charge in [0, 0.05) is 47.6 Å². The molecule has 0 aliphatic carbocycles. The van der Waals surface area contributed by atoms with Crippen molar-refractivity contribution in [3.05, 3.63) is 93.5 Å². The van der Waals surface area contributed by atoms with Gasteiger partial charge in [0.2, 0.25) is 10.0 Å². The van der Waals surface area contributed by atoms with Gasteiger partial charge in [0.25, 0.3) is 5.91 Å². The summed E-state index contributed by atoms with van der Waals surface area (Å²) in [5.74, 6) is -1.01. The van der Waals surface area contributed by atoms with Crippen molar-refractivity contribution >= 4 is 50.6 Å². The average molecular weight is 555 g/mol. The molecule has 0 spiro atoms. The lowest BCUT2D eigenvalue weighted by atomic mass is 10.0. The molecule has 0 saturated carbocycles. The first-order valence-corrected chi connectivity index (χ1v) is 13.1. The Morgan fingerprint density at radius 1 is 0.865 bits per heavy atom. The summed E-state index contributed by atoms with van der Waals surface area (Å²) >= 11 is 12.3. The molecule has 0 heterocycles. The number of halogens is 2. The van der Waals surface area contributed by atoms with E-state index in [-0.39, 0.29) is 58.2 Å². The molecule has 37 heavy (non-hydrogen) atoms. The van der Waals surface area contributed by atoms with Crippen molar-refractivity contribution in [1.29, 1.82) is 10.5 Å². The van der Waals surface area contributed by atoms with Crippen LogP contribution in [0.4, 0.5) is 5.69 Å². The van der Waals surface area contributed by atoms with Crippen molar-refractivity contribution in [3.8, 4) is 12.1 Å². The zero-order valence-corrected chi connectivity index (χ0v) is 21.6. The molecule has 0 aromatic heterocycles. The fourth-order valence-corrected chi connectivity index (χ4v) is 5.26. The van der Waals surface area contributed by atoms with Crippen LogP contribution >= 0.6 is 23.2 Å². The number of carbonyl (C=O) groups is 2. The molecule has 188 valence electrons. The predicted molar refractivity (Wildman–Crippen MR) is 140 cm³/mol. The minimum absolute atomic E-state index is 0.0263. The number of nitrogens with one attached hydrogen (secondary N) is 1. The van der Waals surface area contributed by atoms with Crippen LogP contribution in [0.5, 0.6) is 0 Å². The first-order valence-electron chi connectivity index (χ1n) is 10.9. The molecule has 0 unspecified atom stereocenters. The van der Waals surface area contributed by atoms with Crippen molar-refractivity contribution in [1.82, 2.24) is 4.31 Å². The molecule has 1 N–H and O–H groups in total. The summed E-state index contributed by atoms with van der Waals surface area (Å²) in [5.41, 5.74) is 0.730. The Balaban J connectivity index is 1.85. The number of hydrogen-bond donors (Lipinski definition) is 1. The van der Waals surface area contributed by atoms with Crippen LogP contribution in [0, 0.1) is 22.7 Å². The van der Waals surface area contributed by atoms with E-state index in [1.54, 1.807) is 24.3 Å². The van der Waals surface area contributed by atoms with Gasteiger partial charge in [0.05, 0.1) is 27.7 Å². The van der Waals surface area contributed by atoms with Crippen LogP contribution in [0.15, 0.2) is 71.6 Å². The maximum absolute atomic E-state index is 13.1. The van der Waals surface area contributed by atoms with Gasteiger partial charge < -0.3 is 5.32 Å². The summed E-state index contributed by atoms with van der Waals surface area (Å²) in [6.45, 7) is -0.108. The van der Waals surface area contributed by atoms with Crippen LogP contribution < -0.4 is 5.32 Å². The summed E-state index contributed by atoms with van der Waals surface area (Å²) in [6, 6.07) is 19.9. The minimum atomic E-state index is -3.98. The lowest BCUT2D eigenvalue weighted by Gasteiger charge is -2.20. The summed E-state index contributed by atoms with van der Waals surface area (Å²) in [5, 5.41) is 20.9. The molecule has 0 aliphatic heterocycles. The Kier molecular flexibility index (Phi) is 9.40. The normalized spacial score (nSPS) is 10.9. The smallest absolute Gasteiger partial charge is 0.255 e. The van der Waals surface area contributed by atoms with Gasteiger partial charge in [-0.25, -0.2) is 8.42 Å². The Morgan fingerprint density at radius 2 is 1.49 bits per heavy atom. The van der Waals surface area contributed by atoms with Crippen LogP contribution in [-0.4, -0.2) is 37.5 Å². The molecule has 3 aromatic rings. The van der Waals surface area contributed by atoms with E-state index in [0.29, 0.717) is 5.02 Å². The second-order valence-corrected chi connectivity index (χ2v) is 10.5. The molecular formula is C26H20Cl2N4O4S. The Labute approximate surface area is 224 Å². The molecule has 11 heteroatoms. The van der Waals surface area contributed by atoms with Crippen molar-refractivity contribution < 1.29 is 18.0 Å². The fourth-order valence-electron chi connectivity index (χ4n) is 3.43. The van der Waals surface area contributed by atoms with Crippen LogP contribution in [-0.2, 0) is 10.0 Å². The number of amides is 1. The lowest BCUT2D eigenvalue weighted by Crippen LogP contribution is -2.32. The van der Waals surface area contributed by atoms with Crippen molar-refractivity contribution in [3.63, 3.8) is 0 Å². The van der Waals surface area contributed by atoms with Gasteiger partial charge in [0.15, 0.2) is 5.78 Å². The van der Waals surface area contributed by atoms with Crippen LogP contribution in [0.25, 0.3) is 0 Å². The molecule has 8 nitrogen and oxygen atoms in total. The van der Waals surface area contributed by atoms with Gasteiger partial charge in [0.1, 0.15) is 0 Å². The topological polar surface area (TPSA) is 131 Å². The van der Waals surface area contributed by atoms with E-state index < -0.39 is 21.7 Å². The third-order valence-electron chi connectivity index (χ3n) is 5.29. The third kappa shape index (κ3) is 6.73. The molecule has 0 saturated heterocycles. The third-order valence-corrected chi connectivity index (χ3v) is 7.77. The maximum atomic E-state index is 13.1. The highest BCUT2D eigenvalue weighted by Crippen LogP contribution is 2.27. The molecular weight excluding hydrogens is 535 g/mol. The minimum Gasteiger partial charge on any atom is -0.321 e. The van der Waals surface area contributed by atoms with E-state index in [4.69, 9.17) is 33.7 Å². The van der Waals surface area contributed by atoms with Gasteiger partial charge in [-0.05, 0) is 54.6 Å². The molecule has 0 bridgehead atoms. The Bertz CT molecular complexity index is 1490. The largest absolute Gasteiger partial charge is 0.321 e. The van der Waals surface area contributed by atoms with Crippen LogP contribution in [0.3, 0.4) is 0 Å². The van der Waals surface area contributed by atoms with Gasteiger partial charge in [-0.3, -0.25) is 9.59 Å². The molecule has 1 amide bonds. The second-order valence-electron chi connectivity index (χ2n) is 7.70. The number of benzene rings is 3. The highest BCUT2D eigenvalue weighted by atomic mass is 35.5. The van der Waals surface area contributed by atoms with Crippen molar-refractivity contribution in [2.24, 2.45) is 0 Å². The van der Waals surface area contributed by atoms with Crippen molar-refractivity contribution in [2.45, 2.75) is 17.7 Å². The van der Waals surface area contributed by atoms with Gasteiger partial charge >= 0.3 is 0 Å². The van der Waals surface area contributed by atoms with Gasteiger partial charge in [-0.1, -0.05) is 35.3 Å². The fraction of sp³-hybridized carbons (Fsp3) is 0.154. The second kappa shape index (κ2) is 12.5. The molecule has 0 radical (unpaired) electrons. The Hall–Kier alpha value is -3.73. The Morgan fingerprint density at radius 3 is 2.08 bits per heavy atom. The molecule has 3 aromatic carbocycles. The van der Waals surface area contributed by atoms with E-state index >= 15 is 0 Å². The predicted octanol–water partition coefficient (Wildman–Crippen LogP) is 5.29. The SMILES string of the molecule is N#CCCN(CCC#N)S(=O)(=O)c1ccc(C(=O)Nc2ccc(Cl)cc2C(=O)c2ccccc2Cl)cc1. The number of hydrogen-bond acceptors (Lipinski definition) is 6. The number of nitriles is 2. The van der Waals surface area contributed by atoms with E-state index in [2.05, 4.69) is 5.32 Å². The van der Waals surface area contributed by atoms with E-state index in [1.165, 1.54) is 42.5 Å². The molecule has 0 aliphatic rings. The first-order chi connectivity index (χ1) is 17.7. The summed E-state index contributed by atoms with van der Waals surface area (Å²) < 4.78 is 27.0. The average Bonchev–Trinajstić information content (AvgIpc) is 2.89. The van der Waals surface area contributed by atoms with E-state index in [9.17, 15) is 18.0 Å². The van der Waals surface area contributed by atoms with Crippen molar-refractivity contribution in [2.75, 3.05) is 18.4 Å². The summed E-state index contributed by atoms with van der Waals surface area (Å²) in [6.07, 6.45) is -0.0526.